The highest BCUT2D eigenvalue weighted by atomic mass is 35.5. The normalized spacial score (nSPS) is 19.3. The highest BCUT2D eigenvalue weighted by molar-refractivity contribution is 6.31. The molecule has 1 aliphatic heterocycles. The van der Waals surface area contributed by atoms with Gasteiger partial charge in [-0.2, -0.15) is 0 Å². The van der Waals surface area contributed by atoms with Crippen LogP contribution in [-0.4, -0.2) is 17.3 Å². The summed E-state index contributed by atoms with van der Waals surface area (Å²) in [6, 6.07) is 4.57. The Bertz CT molecular complexity index is 872. The fourth-order valence-corrected chi connectivity index (χ4v) is 3.04. The van der Waals surface area contributed by atoms with Crippen LogP contribution < -0.4 is 16.8 Å². The number of anilines is 2. The van der Waals surface area contributed by atoms with Gasteiger partial charge in [0.05, 0.1) is 16.3 Å². The van der Waals surface area contributed by atoms with Crippen molar-refractivity contribution in [1.29, 1.82) is 0 Å². The predicted octanol–water partition coefficient (Wildman–Crippen LogP) is 1.39. The average molecular weight is 336 g/mol. The van der Waals surface area contributed by atoms with E-state index in [1.54, 1.807) is 0 Å². The topological polar surface area (TPSA) is 118 Å². The number of hydrogen-bond acceptors (Lipinski definition) is 5. The maximum absolute atomic E-state index is 13.2. The van der Waals surface area contributed by atoms with E-state index in [0.717, 1.165) is 12.1 Å². The highest BCUT2D eigenvalue weighted by Gasteiger charge is 2.47. The Hall–Kier alpha value is -2.64. The molecule has 3 rings (SSSR count). The second-order valence-corrected chi connectivity index (χ2v) is 5.53. The number of aldehydes is 1. The van der Waals surface area contributed by atoms with Crippen LogP contribution in [0.15, 0.2) is 24.3 Å². The SMILES string of the molecule is Nc1cc(C=O)c(N)c2c1C(O)(c1ccc(F)cc1Cl)NC2=O. The monoisotopic (exact) mass is 335 g/mol. The molecule has 1 amide bonds. The second kappa shape index (κ2) is 4.94. The summed E-state index contributed by atoms with van der Waals surface area (Å²) in [7, 11) is 0. The third kappa shape index (κ3) is 2.05. The molecule has 1 heterocycles. The van der Waals surface area contributed by atoms with Crippen molar-refractivity contribution in [2.45, 2.75) is 5.72 Å². The molecule has 6 N–H and O–H groups in total. The van der Waals surface area contributed by atoms with E-state index < -0.39 is 17.4 Å². The predicted molar refractivity (Wildman–Crippen MR) is 82.5 cm³/mol. The summed E-state index contributed by atoms with van der Waals surface area (Å²) in [6.45, 7) is 0. The lowest BCUT2D eigenvalue weighted by atomic mass is 9.90. The number of rotatable bonds is 2. The van der Waals surface area contributed by atoms with E-state index in [9.17, 15) is 19.1 Å². The Labute approximate surface area is 134 Å². The number of nitrogens with two attached hydrogens (primary N) is 2. The van der Waals surface area contributed by atoms with Crippen LogP contribution in [0.25, 0.3) is 0 Å². The van der Waals surface area contributed by atoms with Gasteiger partial charge in [0.1, 0.15) is 5.82 Å². The molecule has 0 saturated heterocycles. The Morgan fingerprint density at radius 3 is 2.61 bits per heavy atom. The first-order chi connectivity index (χ1) is 10.8. The van der Waals surface area contributed by atoms with Gasteiger partial charge >= 0.3 is 0 Å². The smallest absolute Gasteiger partial charge is 0.256 e. The fraction of sp³-hybridized carbons (Fsp3) is 0.0667. The molecule has 0 fully saturated rings. The van der Waals surface area contributed by atoms with Gasteiger partial charge in [0, 0.05) is 22.4 Å². The van der Waals surface area contributed by atoms with Gasteiger partial charge in [0.25, 0.3) is 5.91 Å². The quantitative estimate of drug-likeness (QED) is 0.488. The summed E-state index contributed by atoms with van der Waals surface area (Å²) >= 11 is 5.98. The first-order valence-corrected chi connectivity index (χ1v) is 6.85. The van der Waals surface area contributed by atoms with Crippen LogP contribution in [0.2, 0.25) is 5.02 Å². The molecule has 0 radical (unpaired) electrons. The number of benzene rings is 2. The molecule has 0 aliphatic carbocycles. The molecule has 2 aromatic carbocycles. The van der Waals surface area contributed by atoms with Crippen LogP contribution >= 0.6 is 11.6 Å². The van der Waals surface area contributed by atoms with Crippen molar-refractivity contribution in [1.82, 2.24) is 5.32 Å². The van der Waals surface area contributed by atoms with Gasteiger partial charge in [-0.05, 0) is 24.3 Å². The van der Waals surface area contributed by atoms with Crippen LogP contribution in [0, 0.1) is 5.82 Å². The van der Waals surface area contributed by atoms with Crippen molar-refractivity contribution in [3.05, 3.63) is 57.4 Å². The lowest BCUT2D eigenvalue weighted by molar-refractivity contribution is 0.0481. The van der Waals surface area contributed by atoms with Gasteiger partial charge in [-0.15, -0.1) is 0 Å². The van der Waals surface area contributed by atoms with Gasteiger partial charge in [-0.25, -0.2) is 4.39 Å². The van der Waals surface area contributed by atoms with E-state index in [1.807, 2.05) is 0 Å². The van der Waals surface area contributed by atoms with E-state index in [1.165, 1.54) is 12.1 Å². The largest absolute Gasteiger partial charge is 0.398 e. The molecule has 1 unspecified atom stereocenters. The summed E-state index contributed by atoms with van der Waals surface area (Å²) in [4.78, 5) is 23.3. The highest BCUT2D eigenvalue weighted by Crippen LogP contribution is 2.44. The molecule has 118 valence electrons. The number of carbonyl (C=O) groups is 2. The molecule has 8 heteroatoms. The van der Waals surface area contributed by atoms with Crippen molar-refractivity contribution < 1.29 is 19.1 Å². The summed E-state index contributed by atoms with van der Waals surface area (Å²) in [5.74, 6) is -1.31. The molecule has 0 saturated carbocycles. The van der Waals surface area contributed by atoms with Gasteiger partial charge in [0.2, 0.25) is 0 Å². The van der Waals surface area contributed by atoms with Crippen LogP contribution in [0.5, 0.6) is 0 Å². The van der Waals surface area contributed by atoms with Crippen molar-refractivity contribution in [2.24, 2.45) is 0 Å². The van der Waals surface area contributed by atoms with E-state index in [2.05, 4.69) is 5.32 Å². The number of amides is 1. The lowest BCUT2D eigenvalue weighted by Gasteiger charge is -2.26. The molecular weight excluding hydrogens is 325 g/mol. The molecule has 6 nitrogen and oxygen atoms in total. The molecule has 2 aromatic rings. The summed E-state index contributed by atoms with van der Waals surface area (Å²) < 4.78 is 13.2. The summed E-state index contributed by atoms with van der Waals surface area (Å²) in [5, 5.41) is 13.2. The van der Waals surface area contributed by atoms with Crippen LogP contribution in [0.4, 0.5) is 15.8 Å². The molecular formula is C15H11ClFN3O3. The number of hydrogen-bond donors (Lipinski definition) is 4. The van der Waals surface area contributed by atoms with Gasteiger partial charge in [-0.3, -0.25) is 9.59 Å². The number of nitrogen functional groups attached to an aromatic ring is 2. The Kier molecular flexibility index (Phi) is 3.28. The van der Waals surface area contributed by atoms with Gasteiger partial charge < -0.3 is 21.9 Å². The first-order valence-electron chi connectivity index (χ1n) is 6.47. The minimum absolute atomic E-state index is 0.0147. The van der Waals surface area contributed by atoms with Crippen molar-refractivity contribution in [3.8, 4) is 0 Å². The number of aliphatic hydroxyl groups is 1. The minimum atomic E-state index is -2.07. The fourth-order valence-electron chi connectivity index (χ4n) is 2.74. The van der Waals surface area contributed by atoms with Crippen LogP contribution in [0.1, 0.15) is 31.8 Å². The maximum atomic E-state index is 13.2. The molecule has 0 bridgehead atoms. The zero-order chi connectivity index (χ0) is 16.9. The summed E-state index contributed by atoms with van der Waals surface area (Å²) in [5.41, 5.74) is 9.47. The number of carbonyl (C=O) groups excluding carboxylic acids is 2. The molecule has 23 heavy (non-hydrogen) atoms. The number of fused-ring (bicyclic) bond motifs is 1. The van der Waals surface area contributed by atoms with E-state index in [-0.39, 0.29) is 38.7 Å². The van der Waals surface area contributed by atoms with Gasteiger partial charge in [0.15, 0.2) is 12.0 Å². The number of halogens is 2. The Balaban J connectivity index is 2.33. The zero-order valence-corrected chi connectivity index (χ0v) is 12.3. The molecule has 0 spiro atoms. The Morgan fingerprint density at radius 2 is 2.00 bits per heavy atom. The first kappa shape index (κ1) is 15.3. The zero-order valence-electron chi connectivity index (χ0n) is 11.6. The third-order valence-corrected chi connectivity index (χ3v) is 4.07. The van der Waals surface area contributed by atoms with Crippen molar-refractivity contribution in [3.63, 3.8) is 0 Å². The lowest BCUT2D eigenvalue weighted by Crippen LogP contribution is -2.40. The van der Waals surface area contributed by atoms with E-state index >= 15 is 0 Å². The average Bonchev–Trinajstić information content (AvgIpc) is 2.75. The molecule has 1 atom stereocenters. The number of nitrogens with one attached hydrogen (secondary N) is 1. The second-order valence-electron chi connectivity index (χ2n) is 5.13. The van der Waals surface area contributed by atoms with E-state index in [4.69, 9.17) is 23.1 Å². The standard InChI is InChI=1S/C15H11ClFN3O3/c16-9-4-7(17)1-2-8(9)15(23)12-10(18)3-6(5-21)13(19)11(12)14(22)20-15/h1-5,23H,18-19H2,(H,20,22). The Morgan fingerprint density at radius 1 is 1.30 bits per heavy atom. The third-order valence-electron chi connectivity index (χ3n) is 3.76. The molecule has 0 aromatic heterocycles. The van der Waals surface area contributed by atoms with E-state index in [0.29, 0.717) is 6.29 Å². The van der Waals surface area contributed by atoms with Crippen molar-refractivity contribution >= 4 is 35.2 Å². The molecule has 1 aliphatic rings. The van der Waals surface area contributed by atoms with Crippen molar-refractivity contribution in [2.75, 3.05) is 11.5 Å². The maximum Gasteiger partial charge on any atom is 0.256 e. The minimum Gasteiger partial charge on any atom is -0.398 e. The van der Waals surface area contributed by atoms with Gasteiger partial charge in [-0.1, -0.05) is 11.6 Å². The summed E-state index contributed by atoms with van der Waals surface area (Å²) in [6.07, 6.45) is 0.460. The van der Waals surface area contributed by atoms with Crippen LogP contribution in [-0.2, 0) is 5.72 Å². The van der Waals surface area contributed by atoms with Crippen LogP contribution in [0.3, 0.4) is 0 Å².